The highest BCUT2D eigenvalue weighted by Crippen LogP contribution is 2.15. The number of aliphatic hydroxyl groups is 1. The quantitative estimate of drug-likeness (QED) is 0.691. The summed E-state index contributed by atoms with van der Waals surface area (Å²) in [4.78, 5) is 0. The van der Waals surface area contributed by atoms with Crippen LogP contribution in [0.2, 0.25) is 0 Å². The Morgan fingerprint density at radius 2 is 1.69 bits per heavy atom. The van der Waals surface area contributed by atoms with E-state index in [1.165, 1.54) is 22.3 Å². The summed E-state index contributed by atoms with van der Waals surface area (Å²) in [5.41, 5.74) is 5.17. The topological polar surface area (TPSA) is 32.3 Å². The van der Waals surface area contributed by atoms with E-state index in [4.69, 9.17) is 5.11 Å². The lowest BCUT2D eigenvalue weighted by molar-refractivity contribution is 0.259. The van der Waals surface area contributed by atoms with Crippen molar-refractivity contribution in [3.8, 4) is 0 Å². The van der Waals surface area contributed by atoms with Gasteiger partial charge in [-0.1, -0.05) is 17.7 Å². The van der Waals surface area contributed by atoms with Crippen LogP contribution in [0.5, 0.6) is 0 Å². The summed E-state index contributed by atoms with van der Waals surface area (Å²) in [5.74, 6) is 0. The zero-order chi connectivity index (χ0) is 9.84. The van der Waals surface area contributed by atoms with Gasteiger partial charge < -0.3 is 5.11 Å². The Hall–Kier alpha value is -0.860. The predicted molar refractivity (Wildman–Crippen MR) is 54.6 cm³/mol. The van der Waals surface area contributed by atoms with Gasteiger partial charge in [-0.25, -0.2) is 0 Å². The maximum Gasteiger partial charge on any atom is 0.0934 e. The molecule has 0 atom stereocenters. The van der Waals surface area contributed by atoms with E-state index in [1.807, 2.05) is 0 Å². The van der Waals surface area contributed by atoms with Crippen molar-refractivity contribution in [2.45, 2.75) is 27.3 Å². The summed E-state index contributed by atoms with van der Waals surface area (Å²) in [6, 6.07) is 4.34. The molecule has 0 unspecified atom stereocenters. The lowest BCUT2D eigenvalue weighted by Gasteiger charge is -2.10. The predicted octanol–water partition coefficient (Wildman–Crippen LogP) is 1.65. The molecule has 0 heterocycles. The molecule has 13 heavy (non-hydrogen) atoms. The standard InChI is InChI=1S/C11H17NO/c1-8-4-9(2)11(6-12-7-13)10(3)5-8/h4-5,12-13H,6-7H2,1-3H3. The summed E-state index contributed by atoms with van der Waals surface area (Å²) in [6.45, 7) is 7.09. The maximum absolute atomic E-state index is 8.65. The van der Waals surface area contributed by atoms with E-state index in [0.717, 1.165) is 6.54 Å². The van der Waals surface area contributed by atoms with E-state index in [-0.39, 0.29) is 6.73 Å². The summed E-state index contributed by atoms with van der Waals surface area (Å²) < 4.78 is 0. The SMILES string of the molecule is Cc1cc(C)c(CNCO)c(C)c1. The molecular formula is C11H17NO. The van der Waals surface area contributed by atoms with E-state index >= 15 is 0 Å². The number of hydrogen-bond donors (Lipinski definition) is 2. The minimum atomic E-state index is 0.0345. The molecule has 72 valence electrons. The van der Waals surface area contributed by atoms with Crippen LogP contribution >= 0.6 is 0 Å². The van der Waals surface area contributed by atoms with Crippen molar-refractivity contribution in [2.75, 3.05) is 6.73 Å². The molecule has 2 heteroatoms. The molecule has 0 fully saturated rings. The minimum Gasteiger partial charge on any atom is -0.381 e. The van der Waals surface area contributed by atoms with Crippen LogP contribution in [0.15, 0.2) is 12.1 Å². The molecule has 2 N–H and O–H groups in total. The van der Waals surface area contributed by atoms with Crippen molar-refractivity contribution in [3.63, 3.8) is 0 Å². The van der Waals surface area contributed by atoms with Crippen LogP contribution in [0.25, 0.3) is 0 Å². The monoisotopic (exact) mass is 179 g/mol. The molecule has 0 saturated carbocycles. The zero-order valence-electron chi connectivity index (χ0n) is 8.52. The second-order valence-corrected chi connectivity index (χ2v) is 3.46. The molecule has 0 amide bonds. The largest absolute Gasteiger partial charge is 0.381 e. The molecular weight excluding hydrogens is 162 g/mol. The Balaban J connectivity index is 2.92. The van der Waals surface area contributed by atoms with Gasteiger partial charge in [0.15, 0.2) is 0 Å². The molecule has 0 aromatic heterocycles. The second kappa shape index (κ2) is 4.40. The lowest BCUT2D eigenvalue weighted by atomic mass is 10.00. The molecule has 2 nitrogen and oxygen atoms in total. The molecule has 1 aromatic rings. The lowest BCUT2D eigenvalue weighted by Crippen LogP contribution is -2.15. The molecule has 0 radical (unpaired) electrons. The van der Waals surface area contributed by atoms with Gasteiger partial charge in [0.25, 0.3) is 0 Å². The second-order valence-electron chi connectivity index (χ2n) is 3.46. The fourth-order valence-electron chi connectivity index (χ4n) is 1.67. The van der Waals surface area contributed by atoms with Crippen LogP contribution in [-0.4, -0.2) is 11.8 Å². The molecule has 0 aliphatic rings. The zero-order valence-corrected chi connectivity index (χ0v) is 8.52. The van der Waals surface area contributed by atoms with Crippen molar-refractivity contribution in [3.05, 3.63) is 34.4 Å². The molecule has 0 bridgehead atoms. The van der Waals surface area contributed by atoms with Crippen molar-refractivity contribution in [1.82, 2.24) is 5.32 Å². The Morgan fingerprint density at radius 3 is 2.15 bits per heavy atom. The minimum absolute atomic E-state index is 0.0345. The van der Waals surface area contributed by atoms with Crippen LogP contribution < -0.4 is 5.32 Å². The van der Waals surface area contributed by atoms with Gasteiger partial charge in [0, 0.05) is 6.54 Å². The van der Waals surface area contributed by atoms with Crippen molar-refractivity contribution in [1.29, 1.82) is 0 Å². The van der Waals surface area contributed by atoms with Crippen LogP contribution in [0.1, 0.15) is 22.3 Å². The number of hydrogen-bond acceptors (Lipinski definition) is 2. The van der Waals surface area contributed by atoms with Crippen LogP contribution in [0.4, 0.5) is 0 Å². The Kier molecular flexibility index (Phi) is 3.46. The van der Waals surface area contributed by atoms with Crippen molar-refractivity contribution in [2.24, 2.45) is 0 Å². The van der Waals surface area contributed by atoms with Gasteiger partial charge in [-0.2, -0.15) is 0 Å². The first-order valence-corrected chi connectivity index (χ1v) is 4.53. The van der Waals surface area contributed by atoms with Crippen molar-refractivity contribution >= 4 is 0 Å². The average molecular weight is 179 g/mol. The Bertz CT molecular complexity index is 271. The van der Waals surface area contributed by atoms with Gasteiger partial charge in [0.2, 0.25) is 0 Å². The molecule has 0 saturated heterocycles. The van der Waals surface area contributed by atoms with E-state index in [1.54, 1.807) is 0 Å². The number of aliphatic hydroxyl groups excluding tert-OH is 1. The van der Waals surface area contributed by atoms with E-state index in [9.17, 15) is 0 Å². The van der Waals surface area contributed by atoms with E-state index in [2.05, 4.69) is 38.2 Å². The first-order chi connectivity index (χ1) is 6.15. The molecule has 1 rings (SSSR count). The number of rotatable bonds is 3. The summed E-state index contributed by atoms with van der Waals surface area (Å²) >= 11 is 0. The van der Waals surface area contributed by atoms with Gasteiger partial charge in [0.1, 0.15) is 0 Å². The molecule has 0 aliphatic carbocycles. The highest BCUT2D eigenvalue weighted by Gasteiger charge is 2.02. The smallest absolute Gasteiger partial charge is 0.0934 e. The third-order valence-electron chi connectivity index (χ3n) is 2.25. The third-order valence-corrected chi connectivity index (χ3v) is 2.25. The third kappa shape index (κ3) is 2.54. The average Bonchev–Trinajstić information content (AvgIpc) is 2.02. The number of nitrogens with one attached hydrogen (secondary N) is 1. The maximum atomic E-state index is 8.65. The summed E-state index contributed by atoms with van der Waals surface area (Å²) in [7, 11) is 0. The van der Waals surface area contributed by atoms with Crippen LogP contribution in [0, 0.1) is 20.8 Å². The number of aryl methyl sites for hydroxylation is 3. The summed E-state index contributed by atoms with van der Waals surface area (Å²) in [6.07, 6.45) is 0. The Morgan fingerprint density at radius 1 is 1.15 bits per heavy atom. The van der Waals surface area contributed by atoms with Gasteiger partial charge in [-0.3, -0.25) is 5.32 Å². The normalized spacial score (nSPS) is 10.5. The van der Waals surface area contributed by atoms with E-state index < -0.39 is 0 Å². The van der Waals surface area contributed by atoms with Crippen molar-refractivity contribution < 1.29 is 5.11 Å². The summed E-state index contributed by atoms with van der Waals surface area (Å²) in [5, 5.41) is 11.6. The van der Waals surface area contributed by atoms with Gasteiger partial charge >= 0.3 is 0 Å². The fraction of sp³-hybridized carbons (Fsp3) is 0.455. The fourth-order valence-corrected chi connectivity index (χ4v) is 1.67. The molecule has 0 spiro atoms. The highest BCUT2D eigenvalue weighted by molar-refractivity contribution is 5.37. The van der Waals surface area contributed by atoms with Crippen LogP contribution in [-0.2, 0) is 6.54 Å². The Labute approximate surface area is 79.6 Å². The van der Waals surface area contributed by atoms with Crippen LogP contribution in [0.3, 0.4) is 0 Å². The molecule has 1 aromatic carbocycles. The first kappa shape index (κ1) is 10.2. The van der Waals surface area contributed by atoms with E-state index in [0.29, 0.717) is 0 Å². The number of benzene rings is 1. The molecule has 0 aliphatic heterocycles. The van der Waals surface area contributed by atoms with Gasteiger partial charge in [-0.05, 0) is 37.5 Å². The van der Waals surface area contributed by atoms with Gasteiger partial charge in [0.05, 0.1) is 6.73 Å². The first-order valence-electron chi connectivity index (χ1n) is 4.53. The highest BCUT2D eigenvalue weighted by atomic mass is 16.3. The van der Waals surface area contributed by atoms with Gasteiger partial charge in [-0.15, -0.1) is 0 Å².